The summed E-state index contributed by atoms with van der Waals surface area (Å²) in [7, 11) is 0. The van der Waals surface area contributed by atoms with Gasteiger partial charge in [0.25, 0.3) is 6.29 Å². The minimum absolute atomic E-state index is 0.0377. The first-order valence-electron chi connectivity index (χ1n) is 7.43. The molecule has 0 N–H and O–H groups in total. The number of β-lactam (4-membered cyclic amide) rings is 1. The summed E-state index contributed by atoms with van der Waals surface area (Å²) in [6.45, 7) is 0.0707. The second-order valence-corrected chi connectivity index (χ2v) is 6.73. The lowest BCUT2D eigenvalue weighted by Gasteiger charge is -2.45. The van der Waals surface area contributed by atoms with E-state index in [0.29, 0.717) is 17.5 Å². The van der Waals surface area contributed by atoms with Crippen molar-refractivity contribution >= 4 is 29.8 Å². The first-order chi connectivity index (χ1) is 12.1. The summed E-state index contributed by atoms with van der Waals surface area (Å²) in [4.78, 5) is 37.5. The Bertz CT molecular complexity index is 862. The van der Waals surface area contributed by atoms with Gasteiger partial charge in [0.1, 0.15) is 17.6 Å². The number of nitrogens with zero attached hydrogens (tertiary/aromatic N) is 3. The van der Waals surface area contributed by atoms with Crippen molar-refractivity contribution in [3.63, 3.8) is 0 Å². The Morgan fingerprint density at radius 3 is 2.96 bits per heavy atom. The van der Waals surface area contributed by atoms with Crippen LogP contribution in [0.1, 0.15) is 28.6 Å². The van der Waals surface area contributed by atoms with Crippen molar-refractivity contribution in [1.29, 1.82) is 5.26 Å². The van der Waals surface area contributed by atoms with Crippen LogP contribution in [0, 0.1) is 11.3 Å². The summed E-state index contributed by atoms with van der Waals surface area (Å²) < 4.78 is 12.0. The largest absolute Gasteiger partial charge is 0.417 e. The van der Waals surface area contributed by atoms with Crippen molar-refractivity contribution < 1.29 is 23.9 Å². The van der Waals surface area contributed by atoms with E-state index in [-0.39, 0.29) is 23.5 Å². The normalized spacial score (nSPS) is 23.7. The number of fused-ring (bicyclic) bond motifs is 2. The standard InChI is InChI=1S/C16H11N3O5S/c17-5-6-18-8-11(19-12(20)7-13(19)25-18)15(22)24-16-10-4-2-1-3-9(10)14(21)23-16/h1-4,8,13,16H,6-7H2/t13-,16?/m1/s1. The molecule has 1 unspecified atom stereocenters. The molecule has 1 aromatic carbocycles. The molecule has 1 saturated heterocycles. The molecular weight excluding hydrogens is 346 g/mol. The zero-order valence-electron chi connectivity index (χ0n) is 12.7. The summed E-state index contributed by atoms with van der Waals surface area (Å²) in [5.74, 6) is -1.54. The van der Waals surface area contributed by atoms with Crippen LogP contribution in [0.2, 0.25) is 0 Å². The van der Waals surface area contributed by atoms with Gasteiger partial charge in [0.2, 0.25) is 5.91 Å². The number of carbonyl (C=O) groups excluding carboxylic acids is 3. The van der Waals surface area contributed by atoms with Gasteiger partial charge in [-0.3, -0.25) is 9.69 Å². The first-order valence-corrected chi connectivity index (χ1v) is 8.27. The average molecular weight is 357 g/mol. The maximum Gasteiger partial charge on any atom is 0.360 e. The van der Waals surface area contributed by atoms with Gasteiger partial charge in [-0.05, 0) is 18.0 Å². The second kappa shape index (κ2) is 5.82. The minimum atomic E-state index is -1.15. The van der Waals surface area contributed by atoms with Crippen LogP contribution in [-0.2, 0) is 19.1 Å². The maximum absolute atomic E-state index is 12.6. The van der Waals surface area contributed by atoms with Crippen LogP contribution in [0.3, 0.4) is 0 Å². The Kier molecular flexibility index (Phi) is 3.62. The monoisotopic (exact) mass is 357 g/mol. The van der Waals surface area contributed by atoms with Crippen LogP contribution in [0.15, 0.2) is 36.2 Å². The lowest BCUT2D eigenvalue weighted by Crippen LogP contribution is -2.55. The van der Waals surface area contributed by atoms with Crippen LogP contribution in [0.5, 0.6) is 0 Å². The van der Waals surface area contributed by atoms with E-state index in [1.807, 2.05) is 6.07 Å². The molecule has 0 aliphatic carbocycles. The molecule has 0 radical (unpaired) electrons. The number of rotatable bonds is 3. The fourth-order valence-corrected chi connectivity index (χ4v) is 3.96. The van der Waals surface area contributed by atoms with Crippen LogP contribution >= 0.6 is 11.9 Å². The number of carbonyl (C=O) groups is 3. The molecule has 3 aliphatic rings. The highest BCUT2D eigenvalue weighted by Gasteiger charge is 2.46. The van der Waals surface area contributed by atoms with E-state index in [0.717, 1.165) is 0 Å². The summed E-state index contributed by atoms with van der Waals surface area (Å²) in [5.41, 5.74) is 0.847. The molecule has 3 heterocycles. The van der Waals surface area contributed by atoms with E-state index in [1.54, 1.807) is 28.6 Å². The smallest absolute Gasteiger partial charge is 0.360 e. The molecule has 0 aromatic heterocycles. The zero-order chi connectivity index (χ0) is 17.6. The molecule has 8 nitrogen and oxygen atoms in total. The van der Waals surface area contributed by atoms with Crippen molar-refractivity contribution in [2.24, 2.45) is 0 Å². The molecule has 0 spiro atoms. The molecular formula is C16H11N3O5S. The quantitative estimate of drug-likeness (QED) is 0.345. The van der Waals surface area contributed by atoms with Crippen molar-refractivity contribution in [1.82, 2.24) is 9.21 Å². The predicted octanol–water partition coefficient (Wildman–Crippen LogP) is 1.29. The molecule has 1 fully saturated rings. The van der Waals surface area contributed by atoms with Gasteiger partial charge < -0.3 is 13.8 Å². The molecule has 0 saturated carbocycles. The average Bonchev–Trinajstić information content (AvgIpc) is 2.90. The molecule has 0 bridgehead atoms. The predicted molar refractivity (Wildman–Crippen MR) is 83.9 cm³/mol. The zero-order valence-corrected chi connectivity index (χ0v) is 13.6. The number of ether oxygens (including phenoxy) is 2. The van der Waals surface area contributed by atoms with Crippen molar-refractivity contribution in [2.75, 3.05) is 6.54 Å². The fraction of sp³-hybridized carbons (Fsp3) is 0.250. The number of nitriles is 1. The Hall–Kier alpha value is -2.99. The van der Waals surface area contributed by atoms with Crippen LogP contribution in [-0.4, -0.2) is 39.0 Å². The van der Waals surface area contributed by atoms with E-state index in [2.05, 4.69) is 0 Å². The third kappa shape index (κ3) is 2.51. The highest BCUT2D eigenvalue weighted by molar-refractivity contribution is 7.97. The Morgan fingerprint density at radius 1 is 1.40 bits per heavy atom. The van der Waals surface area contributed by atoms with Crippen molar-refractivity contribution in [3.8, 4) is 6.07 Å². The van der Waals surface area contributed by atoms with Crippen molar-refractivity contribution in [2.45, 2.75) is 18.1 Å². The van der Waals surface area contributed by atoms with Gasteiger partial charge >= 0.3 is 11.9 Å². The van der Waals surface area contributed by atoms with E-state index >= 15 is 0 Å². The SMILES string of the molecule is N#CCN1C=C(C(=O)OC2OC(=O)c3ccccc32)N2C(=O)C[C@H]2S1. The van der Waals surface area contributed by atoms with Gasteiger partial charge in [0.15, 0.2) is 0 Å². The molecule has 1 aromatic rings. The van der Waals surface area contributed by atoms with E-state index < -0.39 is 18.2 Å². The fourth-order valence-electron chi connectivity index (χ4n) is 2.81. The second-order valence-electron chi connectivity index (χ2n) is 5.51. The van der Waals surface area contributed by atoms with Crippen LogP contribution in [0.4, 0.5) is 0 Å². The lowest BCUT2D eigenvalue weighted by molar-refractivity contribution is -0.168. The molecule has 25 heavy (non-hydrogen) atoms. The lowest BCUT2D eigenvalue weighted by atomic mass is 10.1. The summed E-state index contributed by atoms with van der Waals surface area (Å²) >= 11 is 1.31. The van der Waals surface area contributed by atoms with Crippen LogP contribution < -0.4 is 0 Å². The Morgan fingerprint density at radius 2 is 2.20 bits per heavy atom. The van der Waals surface area contributed by atoms with Gasteiger partial charge in [-0.2, -0.15) is 5.26 Å². The first kappa shape index (κ1) is 15.5. The summed E-state index contributed by atoms with van der Waals surface area (Å²) in [6.07, 6.45) is 0.552. The number of amides is 1. The van der Waals surface area contributed by atoms with Gasteiger partial charge in [-0.15, -0.1) is 0 Å². The Labute approximate surface area is 146 Å². The van der Waals surface area contributed by atoms with Crippen molar-refractivity contribution in [3.05, 3.63) is 47.3 Å². The van der Waals surface area contributed by atoms with E-state index in [4.69, 9.17) is 14.7 Å². The minimum Gasteiger partial charge on any atom is -0.417 e. The molecule has 1 amide bonds. The summed E-state index contributed by atoms with van der Waals surface area (Å²) in [5, 5.41) is 8.62. The maximum atomic E-state index is 12.6. The molecule has 2 atom stereocenters. The van der Waals surface area contributed by atoms with Gasteiger partial charge in [-0.1, -0.05) is 18.2 Å². The van der Waals surface area contributed by atoms with E-state index in [9.17, 15) is 14.4 Å². The Balaban J connectivity index is 1.57. The number of esters is 2. The number of hydrogen-bond donors (Lipinski definition) is 0. The van der Waals surface area contributed by atoms with Gasteiger partial charge in [-0.25, -0.2) is 9.59 Å². The molecule has 9 heteroatoms. The molecule has 4 rings (SSSR count). The third-order valence-electron chi connectivity index (χ3n) is 3.99. The number of cyclic esters (lactones) is 1. The van der Waals surface area contributed by atoms with Crippen LogP contribution in [0.25, 0.3) is 0 Å². The van der Waals surface area contributed by atoms with Gasteiger partial charge in [0.05, 0.1) is 18.1 Å². The van der Waals surface area contributed by atoms with Gasteiger partial charge in [0, 0.05) is 11.8 Å². The third-order valence-corrected chi connectivity index (χ3v) is 5.11. The molecule has 126 valence electrons. The van der Waals surface area contributed by atoms with E-state index in [1.165, 1.54) is 23.0 Å². The topological polar surface area (TPSA) is 99.9 Å². The molecule has 3 aliphatic heterocycles. The number of hydrogen-bond acceptors (Lipinski definition) is 8. The number of benzene rings is 1. The highest BCUT2D eigenvalue weighted by Crippen LogP contribution is 2.41. The highest BCUT2D eigenvalue weighted by atomic mass is 32.2. The summed E-state index contributed by atoms with van der Waals surface area (Å²) in [6, 6.07) is 8.62.